The van der Waals surface area contributed by atoms with Crippen molar-refractivity contribution in [2.75, 3.05) is 25.4 Å². The number of halogens is 4. The Labute approximate surface area is 101 Å². The van der Waals surface area contributed by atoms with Crippen molar-refractivity contribution < 1.29 is 13.2 Å². The molecule has 0 amide bonds. The highest BCUT2D eigenvalue weighted by molar-refractivity contribution is 9.09. The second-order valence-corrected chi connectivity index (χ2v) is 6.43. The van der Waals surface area contributed by atoms with E-state index in [0.717, 1.165) is 25.3 Å². The van der Waals surface area contributed by atoms with E-state index in [9.17, 15) is 13.2 Å². The molecule has 0 spiro atoms. The third-order valence-electron chi connectivity index (χ3n) is 2.44. The van der Waals surface area contributed by atoms with Crippen molar-refractivity contribution in [3.05, 3.63) is 0 Å². The lowest BCUT2D eigenvalue weighted by Crippen LogP contribution is -2.38. The second kappa shape index (κ2) is 5.77. The summed E-state index contributed by atoms with van der Waals surface area (Å²) >= 11 is 4.54. The van der Waals surface area contributed by atoms with Gasteiger partial charge < -0.3 is 4.90 Å². The van der Waals surface area contributed by atoms with Gasteiger partial charge in [0.15, 0.2) is 0 Å². The van der Waals surface area contributed by atoms with Crippen LogP contribution in [0.4, 0.5) is 13.2 Å². The average molecular weight is 306 g/mol. The van der Waals surface area contributed by atoms with Gasteiger partial charge in [-0.1, -0.05) is 22.9 Å². The fourth-order valence-electron chi connectivity index (χ4n) is 1.46. The van der Waals surface area contributed by atoms with E-state index in [2.05, 4.69) is 22.9 Å². The highest BCUT2D eigenvalue weighted by atomic mass is 79.9. The van der Waals surface area contributed by atoms with Crippen LogP contribution in [0.5, 0.6) is 0 Å². The number of hydrogen-bond acceptors (Lipinski definition) is 2. The number of thioether (sulfide) groups is 1. The summed E-state index contributed by atoms with van der Waals surface area (Å²) in [4.78, 5) is 0.493. The van der Waals surface area contributed by atoms with E-state index in [4.69, 9.17) is 0 Å². The SMILES string of the molecule is CC1CCN(CC(Br)C(F)(F)F)CCS1. The molecule has 0 bridgehead atoms. The lowest BCUT2D eigenvalue weighted by atomic mass is 10.3. The molecular weight excluding hydrogens is 291 g/mol. The maximum atomic E-state index is 12.3. The van der Waals surface area contributed by atoms with Gasteiger partial charge in [0.1, 0.15) is 4.83 Å². The molecule has 0 aliphatic carbocycles. The van der Waals surface area contributed by atoms with E-state index in [-0.39, 0.29) is 6.54 Å². The van der Waals surface area contributed by atoms with Crippen LogP contribution in [0.2, 0.25) is 0 Å². The first kappa shape index (κ1) is 13.6. The number of alkyl halides is 4. The normalized spacial score (nSPS) is 27.4. The smallest absolute Gasteiger partial charge is 0.301 e. The van der Waals surface area contributed by atoms with Crippen LogP contribution in [0.3, 0.4) is 0 Å². The minimum absolute atomic E-state index is 0.0662. The molecule has 1 aliphatic rings. The summed E-state index contributed by atoms with van der Waals surface area (Å²) in [6.45, 7) is 3.72. The zero-order valence-electron chi connectivity index (χ0n) is 8.56. The van der Waals surface area contributed by atoms with E-state index < -0.39 is 11.0 Å². The van der Waals surface area contributed by atoms with Crippen LogP contribution in [0.15, 0.2) is 0 Å². The fourth-order valence-corrected chi connectivity index (χ4v) is 2.90. The largest absolute Gasteiger partial charge is 0.402 e. The molecule has 2 atom stereocenters. The Hall–Kier alpha value is 0.580. The maximum absolute atomic E-state index is 12.3. The van der Waals surface area contributed by atoms with Gasteiger partial charge in [-0.3, -0.25) is 0 Å². The first-order chi connectivity index (χ1) is 6.89. The maximum Gasteiger partial charge on any atom is 0.402 e. The number of rotatable bonds is 2. The molecule has 1 rings (SSSR count). The van der Waals surface area contributed by atoms with Crippen LogP contribution in [0.1, 0.15) is 13.3 Å². The summed E-state index contributed by atoms with van der Waals surface area (Å²) in [5, 5.41) is 0.565. The molecule has 0 N–H and O–H groups in total. The van der Waals surface area contributed by atoms with Crippen molar-refractivity contribution in [1.82, 2.24) is 4.90 Å². The van der Waals surface area contributed by atoms with Gasteiger partial charge >= 0.3 is 6.18 Å². The predicted molar refractivity (Wildman–Crippen MR) is 61.7 cm³/mol. The minimum atomic E-state index is -4.13. The fraction of sp³-hybridized carbons (Fsp3) is 1.00. The molecule has 1 nitrogen and oxygen atoms in total. The molecular formula is C9H15BrF3NS. The average Bonchev–Trinajstić information content (AvgIpc) is 2.29. The van der Waals surface area contributed by atoms with E-state index in [1.807, 2.05) is 16.7 Å². The predicted octanol–water partition coefficient (Wildman–Crippen LogP) is 3.14. The van der Waals surface area contributed by atoms with Gasteiger partial charge in [-0.05, 0) is 13.0 Å². The van der Waals surface area contributed by atoms with Gasteiger partial charge in [0.2, 0.25) is 0 Å². The van der Waals surface area contributed by atoms with Gasteiger partial charge in [-0.15, -0.1) is 0 Å². The summed E-state index contributed by atoms with van der Waals surface area (Å²) in [6.07, 6.45) is -3.16. The zero-order valence-corrected chi connectivity index (χ0v) is 11.0. The van der Waals surface area contributed by atoms with E-state index in [1.165, 1.54) is 0 Å². The third-order valence-corrected chi connectivity index (χ3v) is 4.47. The van der Waals surface area contributed by atoms with Crippen molar-refractivity contribution in [1.29, 1.82) is 0 Å². The Morgan fingerprint density at radius 2 is 2.13 bits per heavy atom. The first-order valence-corrected chi connectivity index (χ1v) is 6.91. The van der Waals surface area contributed by atoms with E-state index in [1.54, 1.807) is 0 Å². The monoisotopic (exact) mass is 305 g/mol. The number of hydrogen-bond donors (Lipinski definition) is 0. The Kier molecular flexibility index (Phi) is 5.25. The molecule has 6 heteroatoms. The summed E-state index contributed by atoms with van der Waals surface area (Å²) in [5.41, 5.74) is 0. The molecule has 0 saturated carbocycles. The minimum Gasteiger partial charge on any atom is -0.301 e. The lowest BCUT2D eigenvalue weighted by Gasteiger charge is -2.24. The van der Waals surface area contributed by atoms with Crippen molar-refractivity contribution >= 4 is 27.7 Å². The highest BCUT2D eigenvalue weighted by Crippen LogP contribution is 2.28. The summed E-state index contributed by atoms with van der Waals surface area (Å²) in [7, 11) is 0. The summed E-state index contributed by atoms with van der Waals surface area (Å²) < 4.78 is 36.9. The van der Waals surface area contributed by atoms with Gasteiger partial charge in [-0.25, -0.2) is 0 Å². The number of nitrogens with zero attached hydrogens (tertiary/aromatic N) is 1. The van der Waals surface area contributed by atoms with Gasteiger partial charge in [0.25, 0.3) is 0 Å². The van der Waals surface area contributed by atoms with Crippen molar-refractivity contribution in [3.63, 3.8) is 0 Å². The van der Waals surface area contributed by atoms with Crippen molar-refractivity contribution in [2.24, 2.45) is 0 Å². The molecule has 1 saturated heterocycles. The Balaban J connectivity index is 2.38. The molecule has 90 valence electrons. The molecule has 2 unspecified atom stereocenters. The molecule has 0 aromatic carbocycles. The zero-order chi connectivity index (χ0) is 11.5. The third kappa shape index (κ3) is 4.95. The van der Waals surface area contributed by atoms with Crippen LogP contribution in [0, 0.1) is 0 Å². The highest BCUT2D eigenvalue weighted by Gasteiger charge is 2.38. The molecule has 0 radical (unpaired) electrons. The Bertz CT molecular complexity index is 200. The van der Waals surface area contributed by atoms with Crippen LogP contribution in [-0.2, 0) is 0 Å². The Morgan fingerprint density at radius 1 is 1.47 bits per heavy atom. The lowest BCUT2D eigenvalue weighted by molar-refractivity contribution is -0.130. The standard InChI is InChI=1S/C9H15BrF3NS/c1-7-2-3-14(4-5-15-7)6-8(10)9(11,12)13/h7-8H,2-6H2,1H3. The van der Waals surface area contributed by atoms with Gasteiger partial charge in [-0.2, -0.15) is 24.9 Å². The van der Waals surface area contributed by atoms with Gasteiger partial charge in [0.05, 0.1) is 0 Å². The topological polar surface area (TPSA) is 3.24 Å². The molecule has 1 heterocycles. The molecule has 0 aromatic rings. The van der Waals surface area contributed by atoms with E-state index >= 15 is 0 Å². The molecule has 15 heavy (non-hydrogen) atoms. The van der Waals surface area contributed by atoms with Gasteiger partial charge in [0, 0.05) is 24.1 Å². The van der Waals surface area contributed by atoms with Crippen molar-refractivity contribution in [3.8, 4) is 0 Å². The second-order valence-electron chi connectivity index (χ2n) is 3.78. The van der Waals surface area contributed by atoms with E-state index in [0.29, 0.717) is 5.25 Å². The first-order valence-electron chi connectivity index (χ1n) is 4.94. The Morgan fingerprint density at radius 3 is 2.73 bits per heavy atom. The van der Waals surface area contributed by atoms with Crippen LogP contribution >= 0.6 is 27.7 Å². The van der Waals surface area contributed by atoms with Crippen LogP contribution < -0.4 is 0 Å². The van der Waals surface area contributed by atoms with Crippen LogP contribution in [-0.4, -0.2) is 46.5 Å². The molecule has 0 aromatic heterocycles. The molecule has 1 aliphatic heterocycles. The summed E-state index contributed by atoms with van der Waals surface area (Å²) in [6, 6.07) is 0. The van der Waals surface area contributed by atoms with Crippen LogP contribution in [0.25, 0.3) is 0 Å². The quantitative estimate of drug-likeness (QED) is 0.721. The van der Waals surface area contributed by atoms with Crippen molar-refractivity contribution in [2.45, 2.75) is 29.6 Å². The summed E-state index contributed by atoms with van der Waals surface area (Å²) in [5.74, 6) is 0.929. The molecule has 1 fully saturated rings.